The molecule has 0 amide bonds. The summed E-state index contributed by atoms with van der Waals surface area (Å²) >= 11 is 0. The number of piperidine rings is 1. The number of hydrogen-bond donors (Lipinski definition) is 2. The largest absolute Gasteiger partial charge is 0.490 e. The molecule has 2 aliphatic rings. The van der Waals surface area contributed by atoms with E-state index in [0.29, 0.717) is 38.1 Å². The van der Waals surface area contributed by atoms with E-state index in [0.717, 1.165) is 54.4 Å². The number of aromatic nitrogens is 2. The number of aliphatic hydroxyl groups is 1. The molecule has 1 saturated heterocycles. The highest BCUT2D eigenvalue weighted by Gasteiger charge is 2.34. The third kappa shape index (κ3) is 6.42. The maximum Gasteiger partial charge on any atom is 0.322 e. The zero-order valence-electron chi connectivity index (χ0n) is 22.0. The molecule has 3 atom stereocenters. The van der Waals surface area contributed by atoms with Gasteiger partial charge in [-0.1, -0.05) is 18.2 Å². The van der Waals surface area contributed by atoms with E-state index in [-0.39, 0.29) is 12.0 Å². The van der Waals surface area contributed by atoms with Crippen LogP contribution in [0.1, 0.15) is 29.2 Å². The number of rotatable bonds is 10. The molecule has 0 bridgehead atoms. The predicted molar refractivity (Wildman–Crippen MR) is 144 cm³/mol. The second-order valence-corrected chi connectivity index (χ2v) is 9.74. The number of aliphatic hydroxyl groups excluding tert-OH is 1. The smallest absolute Gasteiger partial charge is 0.322 e. The van der Waals surface area contributed by atoms with E-state index in [1.54, 1.807) is 13.3 Å². The van der Waals surface area contributed by atoms with Gasteiger partial charge in [-0.2, -0.15) is 0 Å². The number of hydrogen-bond acceptors (Lipinski definition) is 9. The molecule has 5 rings (SSSR count). The van der Waals surface area contributed by atoms with Gasteiger partial charge in [0, 0.05) is 51.2 Å². The van der Waals surface area contributed by atoms with E-state index < -0.39 is 6.10 Å². The van der Waals surface area contributed by atoms with Crippen LogP contribution in [0.3, 0.4) is 0 Å². The molecule has 3 unspecified atom stereocenters. The van der Waals surface area contributed by atoms with Gasteiger partial charge in [0.25, 0.3) is 0 Å². The van der Waals surface area contributed by atoms with Gasteiger partial charge in [-0.05, 0) is 54.8 Å². The monoisotopic (exact) mass is 520 g/mol. The summed E-state index contributed by atoms with van der Waals surface area (Å²) < 4.78 is 23.3. The van der Waals surface area contributed by atoms with Crippen molar-refractivity contribution in [3.8, 4) is 17.5 Å². The van der Waals surface area contributed by atoms with Crippen LogP contribution in [0.15, 0.2) is 54.7 Å². The van der Waals surface area contributed by atoms with E-state index >= 15 is 0 Å². The molecule has 202 valence electrons. The number of ether oxygens (including phenoxy) is 4. The Morgan fingerprint density at radius 2 is 2.00 bits per heavy atom. The second kappa shape index (κ2) is 12.5. The first-order valence-corrected chi connectivity index (χ1v) is 13.2. The topological polar surface area (TPSA) is 98.2 Å². The quantitative estimate of drug-likeness (QED) is 0.390. The van der Waals surface area contributed by atoms with E-state index in [4.69, 9.17) is 18.9 Å². The fourth-order valence-corrected chi connectivity index (χ4v) is 5.06. The van der Waals surface area contributed by atoms with Crippen molar-refractivity contribution < 1.29 is 24.1 Å². The van der Waals surface area contributed by atoms with Gasteiger partial charge in [0.2, 0.25) is 0 Å². The Hall–Kier alpha value is -3.24. The van der Waals surface area contributed by atoms with E-state index in [9.17, 15) is 5.11 Å². The average molecular weight is 521 g/mol. The number of fused-ring (bicyclic) bond motifs is 1. The Bertz CT molecular complexity index is 1190. The number of aryl methyl sites for hydroxylation is 1. The molecule has 1 fully saturated rings. The zero-order valence-corrected chi connectivity index (χ0v) is 22.0. The third-order valence-electron chi connectivity index (χ3n) is 6.98. The Labute approximate surface area is 223 Å². The maximum absolute atomic E-state index is 10.9. The van der Waals surface area contributed by atoms with Crippen molar-refractivity contribution >= 4 is 5.69 Å². The van der Waals surface area contributed by atoms with Crippen molar-refractivity contribution in [3.05, 3.63) is 71.5 Å². The van der Waals surface area contributed by atoms with Crippen molar-refractivity contribution in [3.63, 3.8) is 0 Å². The highest BCUT2D eigenvalue weighted by Crippen LogP contribution is 2.34. The molecule has 2 aromatic carbocycles. The molecule has 0 spiro atoms. The summed E-state index contributed by atoms with van der Waals surface area (Å²) in [6, 6.07) is 16.1. The molecule has 3 heterocycles. The molecular formula is C29H36N4O5. The lowest BCUT2D eigenvalue weighted by molar-refractivity contribution is -0.0328. The SMILES string of the molecule is COCCCN1CCOc2ccc(COC3CNCC(O)C3c3ccc(Oc4nccc(C)n4)cc3)cc21. The van der Waals surface area contributed by atoms with Crippen LogP contribution < -0.4 is 19.7 Å². The molecule has 0 radical (unpaired) electrons. The molecule has 2 aliphatic heterocycles. The van der Waals surface area contributed by atoms with Gasteiger partial charge >= 0.3 is 6.01 Å². The minimum absolute atomic E-state index is 0.160. The van der Waals surface area contributed by atoms with Crippen LogP contribution in [0.4, 0.5) is 5.69 Å². The molecule has 1 aromatic heterocycles. The van der Waals surface area contributed by atoms with E-state index in [2.05, 4.69) is 32.3 Å². The first-order chi connectivity index (χ1) is 18.6. The molecule has 0 saturated carbocycles. The Balaban J connectivity index is 1.25. The van der Waals surface area contributed by atoms with Gasteiger partial charge in [-0.3, -0.25) is 0 Å². The fraction of sp³-hybridized carbons (Fsp3) is 0.448. The van der Waals surface area contributed by atoms with Crippen LogP contribution in [0.5, 0.6) is 17.5 Å². The Kier molecular flexibility index (Phi) is 8.70. The summed E-state index contributed by atoms with van der Waals surface area (Å²) in [5, 5.41) is 14.2. The molecule has 3 aromatic rings. The third-order valence-corrected chi connectivity index (χ3v) is 6.98. The molecule has 38 heavy (non-hydrogen) atoms. The van der Waals surface area contributed by atoms with Gasteiger partial charge in [-0.25, -0.2) is 9.97 Å². The predicted octanol–water partition coefficient (Wildman–Crippen LogP) is 3.45. The van der Waals surface area contributed by atoms with Crippen LogP contribution in [-0.2, 0) is 16.1 Å². The highest BCUT2D eigenvalue weighted by molar-refractivity contribution is 5.61. The van der Waals surface area contributed by atoms with Crippen molar-refractivity contribution in [2.75, 3.05) is 51.4 Å². The van der Waals surface area contributed by atoms with Gasteiger partial charge in [-0.15, -0.1) is 0 Å². The Morgan fingerprint density at radius 3 is 2.82 bits per heavy atom. The number of methoxy groups -OCH3 is 1. The summed E-state index contributed by atoms with van der Waals surface area (Å²) in [6.07, 6.45) is 1.89. The first kappa shape index (κ1) is 26.4. The minimum atomic E-state index is -0.561. The highest BCUT2D eigenvalue weighted by atomic mass is 16.5. The lowest BCUT2D eigenvalue weighted by Crippen LogP contribution is -2.49. The number of benzene rings is 2. The minimum Gasteiger partial charge on any atom is -0.490 e. The van der Waals surface area contributed by atoms with Crippen LogP contribution in [0.25, 0.3) is 0 Å². The van der Waals surface area contributed by atoms with Gasteiger partial charge in [0.05, 0.1) is 31.0 Å². The molecule has 9 nitrogen and oxygen atoms in total. The summed E-state index contributed by atoms with van der Waals surface area (Å²) in [6.45, 7) is 6.73. The lowest BCUT2D eigenvalue weighted by atomic mass is 9.85. The fourth-order valence-electron chi connectivity index (χ4n) is 5.06. The number of nitrogens with zero attached hydrogens (tertiary/aromatic N) is 3. The summed E-state index contributed by atoms with van der Waals surface area (Å²) in [5.74, 6) is 1.39. The Morgan fingerprint density at radius 1 is 1.13 bits per heavy atom. The van der Waals surface area contributed by atoms with Crippen LogP contribution >= 0.6 is 0 Å². The van der Waals surface area contributed by atoms with Gasteiger partial charge in [0.15, 0.2) is 0 Å². The lowest BCUT2D eigenvalue weighted by Gasteiger charge is -2.36. The van der Waals surface area contributed by atoms with Gasteiger partial charge in [0.1, 0.15) is 18.1 Å². The second-order valence-electron chi connectivity index (χ2n) is 9.74. The summed E-state index contributed by atoms with van der Waals surface area (Å²) in [4.78, 5) is 10.8. The zero-order chi connectivity index (χ0) is 26.3. The van der Waals surface area contributed by atoms with Gasteiger partial charge < -0.3 is 34.3 Å². The molecule has 9 heteroatoms. The summed E-state index contributed by atoms with van der Waals surface area (Å²) in [5.41, 5.74) is 4.02. The maximum atomic E-state index is 10.9. The van der Waals surface area contributed by atoms with Crippen molar-refractivity contribution in [2.45, 2.75) is 38.1 Å². The first-order valence-electron chi connectivity index (χ1n) is 13.2. The van der Waals surface area contributed by atoms with E-state index in [1.165, 1.54) is 0 Å². The van der Waals surface area contributed by atoms with Crippen molar-refractivity contribution in [1.82, 2.24) is 15.3 Å². The van der Waals surface area contributed by atoms with Crippen LogP contribution in [-0.4, -0.2) is 73.8 Å². The molecule has 0 aliphatic carbocycles. The average Bonchev–Trinajstić information content (AvgIpc) is 2.93. The van der Waals surface area contributed by atoms with Crippen LogP contribution in [0.2, 0.25) is 0 Å². The van der Waals surface area contributed by atoms with Crippen LogP contribution in [0, 0.1) is 6.92 Å². The van der Waals surface area contributed by atoms with Crippen molar-refractivity contribution in [2.24, 2.45) is 0 Å². The normalized spacial score (nSPS) is 21.0. The number of nitrogens with one attached hydrogen (secondary N) is 1. The van der Waals surface area contributed by atoms with E-state index in [1.807, 2.05) is 43.3 Å². The standard InChI is InChI=1S/C29H36N4O5/c1-20-10-11-31-29(32-20)38-23-7-5-22(6-8-23)28-25(34)17-30-18-27(28)37-19-21-4-9-26-24(16-21)33(13-15-36-26)12-3-14-35-2/h4-11,16,25,27-28,30,34H,3,12-15,17-19H2,1-2H3. The molecule has 2 N–H and O–H groups in total. The van der Waals surface area contributed by atoms with Crippen molar-refractivity contribution in [1.29, 1.82) is 0 Å². The summed E-state index contributed by atoms with van der Waals surface area (Å²) in [7, 11) is 1.73. The number of β-amino-alcohol motifs (C(OH)–C–C–N with tert-alkyl or cyclic N) is 1. The molecular weight excluding hydrogens is 484 g/mol. The number of anilines is 1.